The van der Waals surface area contributed by atoms with Gasteiger partial charge in [0.2, 0.25) is 5.91 Å². The van der Waals surface area contributed by atoms with Crippen molar-refractivity contribution in [1.29, 1.82) is 0 Å². The van der Waals surface area contributed by atoms with Crippen LogP contribution in [0.1, 0.15) is 12.5 Å². The Morgan fingerprint density at radius 3 is 2.67 bits per heavy atom. The van der Waals surface area contributed by atoms with Gasteiger partial charge >= 0.3 is 0 Å². The van der Waals surface area contributed by atoms with Gasteiger partial charge in [-0.15, -0.1) is 0 Å². The Kier molecular flexibility index (Phi) is 3.80. The van der Waals surface area contributed by atoms with E-state index in [2.05, 4.69) is 0 Å². The molecule has 0 aliphatic carbocycles. The molecule has 0 saturated carbocycles. The average Bonchev–Trinajstić information content (AvgIpc) is 2.20. The summed E-state index contributed by atoms with van der Waals surface area (Å²) in [6.45, 7) is 1.85. The molecule has 0 spiro atoms. The number of nitrogens with zero attached hydrogens (tertiary/aromatic N) is 1. The normalized spacial score (nSPS) is 12.3. The maximum absolute atomic E-state index is 13.2. The number of hydrogen-bond acceptors (Lipinski definition) is 2. The second kappa shape index (κ2) is 4.89. The van der Waals surface area contributed by atoms with Crippen LogP contribution in [-0.4, -0.2) is 23.9 Å². The topological polar surface area (TPSA) is 46.3 Å². The van der Waals surface area contributed by atoms with Crippen LogP contribution in [0.15, 0.2) is 24.3 Å². The number of benzene rings is 1. The molecule has 0 bridgehead atoms. The van der Waals surface area contributed by atoms with E-state index in [1.807, 2.05) is 0 Å². The molecule has 0 fully saturated rings. The number of hydrogen-bond donors (Lipinski definition) is 1. The number of likely N-dealkylation sites (N-methyl/N-ethyl adjacent to an activating group) is 1. The summed E-state index contributed by atoms with van der Waals surface area (Å²) in [4.78, 5) is 12.9. The number of nitrogens with two attached hydrogens (primary N) is 1. The molecule has 0 radical (unpaired) electrons. The van der Waals surface area contributed by atoms with Gasteiger partial charge in [-0.05, 0) is 13.0 Å². The summed E-state index contributed by atoms with van der Waals surface area (Å²) in [5, 5.41) is 0. The molecular weight excluding hydrogens is 195 g/mol. The molecule has 1 atom stereocenters. The van der Waals surface area contributed by atoms with Gasteiger partial charge in [-0.3, -0.25) is 4.79 Å². The van der Waals surface area contributed by atoms with Crippen molar-refractivity contribution in [3.05, 3.63) is 35.6 Å². The van der Waals surface area contributed by atoms with E-state index < -0.39 is 6.04 Å². The Hall–Kier alpha value is -1.42. The molecule has 0 saturated heterocycles. The highest BCUT2D eigenvalue weighted by Gasteiger charge is 2.14. The molecule has 1 amide bonds. The van der Waals surface area contributed by atoms with Gasteiger partial charge in [0.1, 0.15) is 5.82 Å². The van der Waals surface area contributed by atoms with Gasteiger partial charge in [0, 0.05) is 19.2 Å². The van der Waals surface area contributed by atoms with Crippen molar-refractivity contribution in [2.24, 2.45) is 5.73 Å². The zero-order valence-corrected chi connectivity index (χ0v) is 8.90. The molecule has 0 aliphatic heterocycles. The maximum atomic E-state index is 13.2. The van der Waals surface area contributed by atoms with E-state index >= 15 is 0 Å². The summed E-state index contributed by atoms with van der Waals surface area (Å²) in [6.07, 6.45) is 0. The van der Waals surface area contributed by atoms with E-state index in [0.29, 0.717) is 5.56 Å². The SMILES string of the molecule is C[C@@H](N)C(=O)N(C)Cc1ccccc1F. The summed E-state index contributed by atoms with van der Waals surface area (Å²) >= 11 is 0. The summed E-state index contributed by atoms with van der Waals surface area (Å²) in [5.74, 6) is -0.500. The molecular formula is C11H15FN2O. The smallest absolute Gasteiger partial charge is 0.239 e. The van der Waals surface area contributed by atoms with Gasteiger partial charge in [0.15, 0.2) is 0 Å². The van der Waals surface area contributed by atoms with Crippen LogP contribution in [0.4, 0.5) is 4.39 Å². The molecule has 2 N–H and O–H groups in total. The van der Waals surface area contributed by atoms with Crippen molar-refractivity contribution < 1.29 is 9.18 Å². The van der Waals surface area contributed by atoms with Gasteiger partial charge in [0.05, 0.1) is 6.04 Å². The Morgan fingerprint density at radius 1 is 1.53 bits per heavy atom. The molecule has 1 rings (SSSR count). The molecule has 1 aromatic carbocycles. The van der Waals surface area contributed by atoms with E-state index in [-0.39, 0.29) is 18.3 Å². The lowest BCUT2D eigenvalue weighted by Gasteiger charge is -2.19. The van der Waals surface area contributed by atoms with Crippen LogP contribution in [0, 0.1) is 5.82 Å². The Balaban J connectivity index is 2.71. The lowest BCUT2D eigenvalue weighted by Crippen LogP contribution is -2.39. The molecule has 82 valence electrons. The fourth-order valence-electron chi connectivity index (χ4n) is 1.31. The standard InChI is InChI=1S/C11H15FN2O/c1-8(13)11(15)14(2)7-9-5-3-4-6-10(9)12/h3-6,8H,7,13H2,1-2H3/t8-/m1/s1. The second-order valence-corrected chi connectivity index (χ2v) is 3.57. The fourth-order valence-corrected chi connectivity index (χ4v) is 1.31. The molecule has 1 aromatic rings. The third kappa shape index (κ3) is 3.02. The van der Waals surface area contributed by atoms with Gasteiger partial charge in [0.25, 0.3) is 0 Å². The highest BCUT2D eigenvalue weighted by molar-refractivity contribution is 5.80. The van der Waals surface area contributed by atoms with Crippen molar-refractivity contribution in [3.8, 4) is 0 Å². The maximum Gasteiger partial charge on any atom is 0.239 e. The van der Waals surface area contributed by atoms with Crippen LogP contribution in [0.5, 0.6) is 0 Å². The average molecular weight is 210 g/mol. The van der Waals surface area contributed by atoms with E-state index in [1.54, 1.807) is 32.2 Å². The molecule has 15 heavy (non-hydrogen) atoms. The Morgan fingerprint density at radius 2 is 2.13 bits per heavy atom. The minimum Gasteiger partial charge on any atom is -0.340 e. The number of rotatable bonds is 3. The zero-order valence-electron chi connectivity index (χ0n) is 8.90. The highest BCUT2D eigenvalue weighted by atomic mass is 19.1. The predicted molar refractivity (Wildman–Crippen MR) is 56.5 cm³/mol. The first-order chi connectivity index (χ1) is 7.02. The third-order valence-corrected chi connectivity index (χ3v) is 2.13. The molecule has 0 unspecified atom stereocenters. The number of carbonyl (C=O) groups excluding carboxylic acids is 1. The summed E-state index contributed by atoms with van der Waals surface area (Å²) in [6, 6.07) is 5.83. The van der Waals surface area contributed by atoms with E-state index in [0.717, 1.165) is 0 Å². The van der Waals surface area contributed by atoms with Gasteiger partial charge in [-0.25, -0.2) is 4.39 Å². The van der Waals surface area contributed by atoms with E-state index in [9.17, 15) is 9.18 Å². The molecule has 3 nitrogen and oxygen atoms in total. The monoisotopic (exact) mass is 210 g/mol. The molecule has 4 heteroatoms. The van der Waals surface area contributed by atoms with Crippen molar-refractivity contribution in [1.82, 2.24) is 4.90 Å². The first kappa shape index (κ1) is 11.7. The van der Waals surface area contributed by atoms with Crippen LogP contribution < -0.4 is 5.73 Å². The minimum atomic E-state index is -0.554. The van der Waals surface area contributed by atoms with Gasteiger partial charge < -0.3 is 10.6 Å². The lowest BCUT2D eigenvalue weighted by atomic mass is 10.2. The number of carbonyl (C=O) groups is 1. The second-order valence-electron chi connectivity index (χ2n) is 3.57. The van der Waals surface area contributed by atoms with Crippen molar-refractivity contribution in [2.45, 2.75) is 19.5 Å². The van der Waals surface area contributed by atoms with E-state index in [4.69, 9.17) is 5.73 Å². The largest absolute Gasteiger partial charge is 0.340 e. The van der Waals surface area contributed by atoms with E-state index in [1.165, 1.54) is 11.0 Å². The highest BCUT2D eigenvalue weighted by Crippen LogP contribution is 2.09. The van der Waals surface area contributed by atoms with Crippen LogP contribution >= 0.6 is 0 Å². The summed E-state index contributed by atoms with van der Waals surface area (Å²) in [7, 11) is 1.61. The molecule has 0 aliphatic rings. The summed E-state index contributed by atoms with van der Waals surface area (Å²) in [5.41, 5.74) is 5.94. The lowest BCUT2D eigenvalue weighted by molar-refractivity contribution is -0.131. The van der Waals surface area contributed by atoms with Crippen LogP contribution in [-0.2, 0) is 11.3 Å². The number of halogens is 1. The van der Waals surface area contributed by atoms with Crippen LogP contribution in [0.3, 0.4) is 0 Å². The Bertz CT molecular complexity index is 352. The quantitative estimate of drug-likeness (QED) is 0.813. The fraction of sp³-hybridized carbons (Fsp3) is 0.364. The van der Waals surface area contributed by atoms with Crippen molar-refractivity contribution >= 4 is 5.91 Å². The predicted octanol–water partition coefficient (Wildman–Crippen LogP) is 1.13. The van der Waals surface area contributed by atoms with Gasteiger partial charge in [-0.1, -0.05) is 18.2 Å². The first-order valence-electron chi connectivity index (χ1n) is 4.76. The zero-order chi connectivity index (χ0) is 11.4. The van der Waals surface area contributed by atoms with Gasteiger partial charge in [-0.2, -0.15) is 0 Å². The number of amides is 1. The third-order valence-electron chi connectivity index (χ3n) is 2.13. The van der Waals surface area contributed by atoms with Crippen LogP contribution in [0.25, 0.3) is 0 Å². The first-order valence-corrected chi connectivity index (χ1v) is 4.76. The molecule has 0 aromatic heterocycles. The Labute approximate surface area is 88.7 Å². The van der Waals surface area contributed by atoms with Crippen molar-refractivity contribution in [3.63, 3.8) is 0 Å². The van der Waals surface area contributed by atoms with Crippen LogP contribution in [0.2, 0.25) is 0 Å². The van der Waals surface area contributed by atoms with Crippen molar-refractivity contribution in [2.75, 3.05) is 7.05 Å². The molecule has 0 heterocycles. The summed E-state index contributed by atoms with van der Waals surface area (Å²) < 4.78 is 13.2. The minimum absolute atomic E-state index is 0.196.